The summed E-state index contributed by atoms with van der Waals surface area (Å²) in [6, 6.07) is -0.0915. The van der Waals surface area contributed by atoms with Crippen molar-refractivity contribution in [1.29, 1.82) is 0 Å². The standard InChI is InChI=1S/C7H12N2O/c1-5(2)6-3-4-8-7(10)9-6/h3,5H,4H2,1-2H3,(H2,8,9,10). The SMILES string of the molecule is CC(C)C1=CCNC(=O)N1. The van der Waals surface area contributed by atoms with E-state index < -0.39 is 0 Å². The Labute approximate surface area is 60.5 Å². The molecule has 0 saturated carbocycles. The Balaban J connectivity index is 2.60. The molecule has 1 aliphatic rings. The van der Waals surface area contributed by atoms with Gasteiger partial charge in [0.05, 0.1) is 0 Å². The summed E-state index contributed by atoms with van der Waals surface area (Å²) in [5.74, 6) is 0.408. The van der Waals surface area contributed by atoms with Gasteiger partial charge in [-0.1, -0.05) is 13.8 Å². The third-order valence-corrected chi connectivity index (χ3v) is 1.46. The molecule has 3 nitrogen and oxygen atoms in total. The summed E-state index contributed by atoms with van der Waals surface area (Å²) in [7, 11) is 0. The molecule has 10 heavy (non-hydrogen) atoms. The average Bonchev–Trinajstić information content (AvgIpc) is 1.88. The molecule has 0 spiro atoms. The summed E-state index contributed by atoms with van der Waals surface area (Å²) in [4.78, 5) is 10.7. The summed E-state index contributed by atoms with van der Waals surface area (Å²) in [5.41, 5.74) is 1.02. The first-order valence-electron chi connectivity index (χ1n) is 3.45. The van der Waals surface area contributed by atoms with Crippen molar-refractivity contribution >= 4 is 6.03 Å². The minimum Gasteiger partial charge on any atom is -0.334 e. The number of amides is 2. The fourth-order valence-corrected chi connectivity index (χ4v) is 0.860. The number of hydrogen-bond donors (Lipinski definition) is 2. The summed E-state index contributed by atoms with van der Waals surface area (Å²) in [6.45, 7) is 4.76. The van der Waals surface area contributed by atoms with E-state index in [0.29, 0.717) is 12.5 Å². The lowest BCUT2D eigenvalue weighted by atomic mass is 10.1. The first-order chi connectivity index (χ1) is 4.70. The van der Waals surface area contributed by atoms with E-state index in [0.717, 1.165) is 5.70 Å². The molecule has 1 rings (SSSR count). The van der Waals surface area contributed by atoms with E-state index in [1.54, 1.807) is 0 Å². The van der Waals surface area contributed by atoms with Crippen LogP contribution in [0, 0.1) is 5.92 Å². The number of hydrogen-bond acceptors (Lipinski definition) is 1. The lowest BCUT2D eigenvalue weighted by molar-refractivity contribution is 0.242. The highest BCUT2D eigenvalue weighted by atomic mass is 16.2. The Morgan fingerprint density at radius 1 is 1.60 bits per heavy atom. The van der Waals surface area contributed by atoms with Crippen LogP contribution in [0.5, 0.6) is 0 Å². The number of allylic oxidation sites excluding steroid dienone is 1. The molecule has 56 valence electrons. The molecule has 2 N–H and O–H groups in total. The summed E-state index contributed by atoms with van der Waals surface area (Å²) in [5, 5.41) is 5.37. The van der Waals surface area contributed by atoms with Crippen molar-refractivity contribution in [3.05, 3.63) is 11.8 Å². The third-order valence-electron chi connectivity index (χ3n) is 1.46. The molecule has 0 aromatic heterocycles. The van der Waals surface area contributed by atoms with Crippen molar-refractivity contribution in [2.75, 3.05) is 6.54 Å². The van der Waals surface area contributed by atoms with Crippen LogP contribution in [-0.4, -0.2) is 12.6 Å². The van der Waals surface area contributed by atoms with E-state index in [1.165, 1.54) is 0 Å². The molecule has 1 heterocycles. The minimum absolute atomic E-state index is 0.0915. The quantitative estimate of drug-likeness (QED) is 0.556. The largest absolute Gasteiger partial charge is 0.334 e. The number of rotatable bonds is 1. The number of nitrogens with one attached hydrogen (secondary N) is 2. The van der Waals surface area contributed by atoms with Crippen LogP contribution in [0.2, 0.25) is 0 Å². The summed E-state index contributed by atoms with van der Waals surface area (Å²) < 4.78 is 0. The van der Waals surface area contributed by atoms with Gasteiger partial charge < -0.3 is 10.6 Å². The highest BCUT2D eigenvalue weighted by molar-refractivity contribution is 5.77. The van der Waals surface area contributed by atoms with Crippen LogP contribution < -0.4 is 10.6 Å². The topological polar surface area (TPSA) is 41.1 Å². The van der Waals surface area contributed by atoms with Crippen LogP contribution in [0.3, 0.4) is 0 Å². The van der Waals surface area contributed by atoms with E-state index >= 15 is 0 Å². The van der Waals surface area contributed by atoms with Gasteiger partial charge in [0.25, 0.3) is 0 Å². The van der Waals surface area contributed by atoms with E-state index in [-0.39, 0.29) is 6.03 Å². The van der Waals surface area contributed by atoms with Crippen molar-refractivity contribution in [2.24, 2.45) is 5.92 Å². The molecule has 0 radical (unpaired) electrons. The maximum atomic E-state index is 10.7. The highest BCUT2D eigenvalue weighted by Crippen LogP contribution is 2.06. The molecule has 2 amide bonds. The molecular weight excluding hydrogens is 128 g/mol. The normalized spacial score (nSPS) is 17.9. The van der Waals surface area contributed by atoms with Crippen LogP contribution in [0.15, 0.2) is 11.8 Å². The first-order valence-corrected chi connectivity index (χ1v) is 3.45. The first kappa shape index (κ1) is 7.12. The number of carbonyl (C=O) groups is 1. The molecule has 0 aromatic rings. The van der Waals surface area contributed by atoms with Gasteiger partial charge in [0.2, 0.25) is 0 Å². The predicted octanol–water partition coefficient (Wildman–Crippen LogP) is 0.839. The maximum Gasteiger partial charge on any atom is 0.319 e. The summed E-state index contributed by atoms with van der Waals surface area (Å²) >= 11 is 0. The predicted molar refractivity (Wildman–Crippen MR) is 39.5 cm³/mol. The van der Waals surface area contributed by atoms with E-state index in [2.05, 4.69) is 24.5 Å². The van der Waals surface area contributed by atoms with Crippen LogP contribution in [0.25, 0.3) is 0 Å². The molecule has 0 aliphatic carbocycles. The third kappa shape index (κ3) is 1.50. The molecule has 0 unspecified atom stereocenters. The van der Waals surface area contributed by atoms with Gasteiger partial charge in [-0.05, 0) is 12.0 Å². The Bertz CT molecular complexity index is 172. The van der Waals surface area contributed by atoms with Crippen LogP contribution in [-0.2, 0) is 0 Å². The monoisotopic (exact) mass is 140 g/mol. The minimum atomic E-state index is -0.0915. The van der Waals surface area contributed by atoms with Gasteiger partial charge in [0.15, 0.2) is 0 Å². The van der Waals surface area contributed by atoms with Gasteiger partial charge in [-0.15, -0.1) is 0 Å². The van der Waals surface area contributed by atoms with Crippen molar-refractivity contribution in [2.45, 2.75) is 13.8 Å². The van der Waals surface area contributed by atoms with Crippen LogP contribution in [0.4, 0.5) is 4.79 Å². The molecule has 0 bridgehead atoms. The smallest absolute Gasteiger partial charge is 0.319 e. The van der Waals surface area contributed by atoms with Crippen molar-refractivity contribution in [3.63, 3.8) is 0 Å². The molecule has 0 aromatic carbocycles. The molecular formula is C7H12N2O. The van der Waals surface area contributed by atoms with Crippen molar-refractivity contribution in [1.82, 2.24) is 10.6 Å². The van der Waals surface area contributed by atoms with Gasteiger partial charge in [-0.2, -0.15) is 0 Å². The maximum absolute atomic E-state index is 10.7. The van der Waals surface area contributed by atoms with Gasteiger partial charge in [0, 0.05) is 12.2 Å². The van der Waals surface area contributed by atoms with Crippen LogP contribution >= 0.6 is 0 Å². The van der Waals surface area contributed by atoms with E-state index in [9.17, 15) is 4.79 Å². The molecule has 0 saturated heterocycles. The van der Waals surface area contributed by atoms with Crippen LogP contribution in [0.1, 0.15) is 13.8 Å². The zero-order chi connectivity index (χ0) is 7.56. The fraction of sp³-hybridized carbons (Fsp3) is 0.571. The van der Waals surface area contributed by atoms with E-state index in [1.807, 2.05) is 6.08 Å². The van der Waals surface area contributed by atoms with Gasteiger partial charge in [-0.25, -0.2) is 4.79 Å². The average molecular weight is 140 g/mol. The lowest BCUT2D eigenvalue weighted by Crippen LogP contribution is -2.40. The van der Waals surface area contributed by atoms with Gasteiger partial charge in [0.1, 0.15) is 0 Å². The van der Waals surface area contributed by atoms with Crippen molar-refractivity contribution < 1.29 is 4.79 Å². The second kappa shape index (κ2) is 2.73. The number of carbonyl (C=O) groups excluding carboxylic acids is 1. The summed E-state index contributed by atoms with van der Waals surface area (Å²) in [6.07, 6.45) is 1.99. The Morgan fingerprint density at radius 2 is 2.30 bits per heavy atom. The second-order valence-corrected chi connectivity index (χ2v) is 2.65. The second-order valence-electron chi connectivity index (χ2n) is 2.65. The molecule has 3 heteroatoms. The van der Waals surface area contributed by atoms with E-state index in [4.69, 9.17) is 0 Å². The fourth-order valence-electron chi connectivity index (χ4n) is 0.860. The highest BCUT2D eigenvalue weighted by Gasteiger charge is 2.10. The zero-order valence-electron chi connectivity index (χ0n) is 6.27. The van der Waals surface area contributed by atoms with Crippen molar-refractivity contribution in [3.8, 4) is 0 Å². The zero-order valence-corrected chi connectivity index (χ0v) is 6.27. The van der Waals surface area contributed by atoms with Gasteiger partial charge in [-0.3, -0.25) is 0 Å². The lowest BCUT2D eigenvalue weighted by Gasteiger charge is -2.17. The molecule has 0 fully saturated rings. The van der Waals surface area contributed by atoms with Gasteiger partial charge >= 0.3 is 6.03 Å². The Kier molecular flexibility index (Phi) is 1.94. The number of urea groups is 1. The molecule has 1 aliphatic heterocycles. The molecule has 0 atom stereocenters. The Hall–Kier alpha value is -0.990. The Morgan fingerprint density at radius 3 is 2.70 bits per heavy atom.